The molecule has 4 rings (SSSR count). The number of hydrogen-bond donors (Lipinski definition) is 3. The quantitative estimate of drug-likeness (QED) is 0.542. The molecule has 0 spiro atoms. The van der Waals surface area contributed by atoms with Crippen molar-refractivity contribution in [3.8, 4) is 0 Å². The van der Waals surface area contributed by atoms with Crippen molar-refractivity contribution in [3.05, 3.63) is 17.0 Å². The Morgan fingerprint density at radius 2 is 1.92 bits per heavy atom. The van der Waals surface area contributed by atoms with E-state index >= 15 is 0 Å². The Morgan fingerprint density at radius 1 is 1.29 bits per heavy atom. The van der Waals surface area contributed by atoms with Gasteiger partial charge in [0.2, 0.25) is 0 Å². The van der Waals surface area contributed by atoms with Gasteiger partial charge in [-0.05, 0) is 40.0 Å². The zero-order valence-corrected chi connectivity index (χ0v) is 15.1. The van der Waals surface area contributed by atoms with Gasteiger partial charge in [-0.15, -0.1) is 0 Å². The summed E-state index contributed by atoms with van der Waals surface area (Å²) in [5.74, 6) is -1.50. The number of hydrogen-bond acceptors (Lipinski definition) is 5. The van der Waals surface area contributed by atoms with Gasteiger partial charge in [-0.2, -0.15) is 0 Å². The van der Waals surface area contributed by atoms with E-state index in [2.05, 4.69) is 26.8 Å². The molecule has 2 aromatic rings. The van der Waals surface area contributed by atoms with Crippen LogP contribution in [0.1, 0.15) is 58.1 Å². The highest BCUT2D eigenvalue weighted by Gasteiger charge is 2.27. The Labute approximate surface area is 146 Å². The molecule has 1 saturated carbocycles. The van der Waals surface area contributed by atoms with Crippen LogP contribution in [0.3, 0.4) is 0 Å². The second-order valence-corrected chi connectivity index (χ2v) is 7.62. The van der Waals surface area contributed by atoms with Crippen LogP contribution >= 0.6 is 11.6 Å². The van der Waals surface area contributed by atoms with E-state index in [4.69, 9.17) is 21.8 Å². The van der Waals surface area contributed by atoms with E-state index in [1.165, 1.54) is 39.5 Å². The summed E-state index contributed by atoms with van der Waals surface area (Å²) >= 11 is 6.36. The maximum absolute atomic E-state index is 8.08. The lowest BCUT2D eigenvalue weighted by atomic mass is 10.1. The minimum absolute atomic E-state index is 0.413. The predicted octanol–water partition coefficient (Wildman–Crippen LogP) is 3.26. The van der Waals surface area contributed by atoms with Gasteiger partial charge < -0.3 is 20.1 Å². The van der Waals surface area contributed by atoms with Crippen LogP contribution in [-0.4, -0.2) is 36.6 Å². The Balaban J connectivity index is 0.000000300. The molecule has 132 valence electrons. The minimum Gasteiger partial charge on any atom is -0.380 e. The smallest absolute Gasteiger partial charge is 0.163 e. The van der Waals surface area contributed by atoms with E-state index < -0.39 is 5.79 Å². The SMILES string of the molecule is CC(C)(O)O.CC1Cc2c(Cl)nc3c(ncn3C3CCCC3)c2N1. The standard InChI is InChI=1S/C14H17ClN4.C3H8O2/c1-8-6-10-11(17-8)12-14(18-13(10)15)19(7-16-12)9-4-2-3-5-9;1-3(2,4)5/h7-9,17H,2-6H2,1H3;4-5H,1-2H3. The van der Waals surface area contributed by atoms with Gasteiger partial charge in [0, 0.05) is 17.6 Å². The average molecular weight is 353 g/mol. The van der Waals surface area contributed by atoms with E-state index in [9.17, 15) is 0 Å². The summed E-state index contributed by atoms with van der Waals surface area (Å²) in [7, 11) is 0. The molecule has 7 heteroatoms. The van der Waals surface area contributed by atoms with Gasteiger partial charge in [-0.1, -0.05) is 24.4 Å². The van der Waals surface area contributed by atoms with Crippen molar-refractivity contribution in [2.75, 3.05) is 5.32 Å². The molecule has 0 radical (unpaired) electrons. The summed E-state index contributed by atoms with van der Waals surface area (Å²) in [6.45, 7) is 4.76. The highest BCUT2D eigenvalue weighted by molar-refractivity contribution is 6.31. The molecule has 0 bridgehead atoms. The lowest BCUT2D eigenvalue weighted by Crippen LogP contribution is -2.15. The molecule has 3 heterocycles. The minimum atomic E-state index is -1.50. The van der Waals surface area contributed by atoms with Gasteiger partial charge in [0.15, 0.2) is 11.4 Å². The summed E-state index contributed by atoms with van der Waals surface area (Å²) in [6.07, 6.45) is 7.94. The molecule has 0 saturated heterocycles. The number of imidazole rings is 1. The summed E-state index contributed by atoms with van der Waals surface area (Å²) < 4.78 is 2.22. The van der Waals surface area contributed by atoms with E-state index in [-0.39, 0.29) is 0 Å². The van der Waals surface area contributed by atoms with Gasteiger partial charge >= 0.3 is 0 Å². The number of halogens is 1. The predicted molar refractivity (Wildman–Crippen MR) is 95.3 cm³/mol. The first-order chi connectivity index (χ1) is 11.2. The molecule has 1 unspecified atom stereocenters. The van der Waals surface area contributed by atoms with E-state index in [1.54, 1.807) is 0 Å². The van der Waals surface area contributed by atoms with Crippen molar-refractivity contribution in [1.29, 1.82) is 0 Å². The van der Waals surface area contributed by atoms with Gasteiger partial charge in [0.25, 0.3) is 0 Å². The van der Waals surface area contributed by atoms with E-state index in [0.717, 1.165) is 28.8 Å². The van der Waals surface area contributed by atoms with Crippen LogP contribution in [0.15, 0.2) is 6.33 Å². The van der Waals surface area contributed by atoms with Crippen molar-refractivity contribution in [2.24, 2.45) is 0 Å². The highest BCUT2D eigenvalue weighted by Crippen LogP contribution is 2.38. The normalized spacial score (nSPS) is 20.7. The van der Waals surface area contributed by atoms with Gasteiger partial charge in [-0.3, -0.25) is 0 Å². The maximum atomic E-state index is 8.08. The largest absolute Gasteiger partial charge is 0.380 e. The monoisotopic (exact) mass is 352 g/mol. The molecule has 1 aliphatic heterocycles. The second kappa shape index (κ2) is 6.50. The van der Waals surface area contributed by atoms with E-state index in [1.807, 2.05) is 6.33 Å². The number of anilines is 1. The zero-order valence-electron chi connectivity index (χ0n) is 14.4. The fourth-order valence-electron chi connectivity index (χ4n) is 3.44. The van der Waals surface area contributed by atoms with Crippen molar-refractivity contribution in [1.82, 2.24) is 14.5 Å². The first kappa shape index (κ1) is 17.5. The van der Waals surface area contributed by atoms with Crippen LogP contribution in [0.2, 0.25) is 5.15 Å². The Bertz CT molecular complexity index is 726. The van der Waals surface area contributed by atoms with Crippen molar-refractivity contribution in [3.63, 3.8) is 0 Å². The Hall–Kier alpha value is -1.37. The molecule has 24 heavy (non-hydrogen) atoms. The lowest BCUT2D eigenvalue weighted by molar-refractivity contribution is -0.127. The number of aliphatic hydroxyl groups is 2. The topological polar surface area (TPSA) is 83.2 Å². The number of fused-ring (bicyclic) bond motifs is 3. The Kier molecular flexibility index (Phi) is 4.73. The molecular weight excluding hydrogens is 328 g/mol. The number of aromatic nitrogens is 3. The molecule has 0 aromatic carbocycles. The number of nitrogens with one attached hydrogen (secondary N) is 1. The first-order valence-electron chi connectivity index (χ1n) is 8.50. The fraction of sp³-hybridized carbons (Fsp3) is 0.647. The van der Waals surface area contributed by atoms with Crippen molar-refractivity contribution in [2.45, 2.75) is 70.7 Å². The summed E-state index contributed by atoms with van der Waals surface area (Å²) in [5.41, 5.74) is 4.14. The van der Waals surface area contributed by atoms with E-state index in [0.29, 0.717) is 17.2 Å². The molecule has 3 N–H and O–H groups in total. The molecule has 1 aliphatic carbocycles. The molecule has 0 amide bonds. The molecule has 1 atom stereocenters. The summed E-state index contributed by atoms with van der Waals surface area (Å²) in [6, 6.07) is 0.960. The third-order valence-electron chi connectivity index (χ3n) is 4.38. The maximum Gasteiger partial charge on any atom is 0.163 e. The zero-order chi connectivity index (χ0) is 17.5. The third kappa shape index (κ3) is 3.66. The van der Waals surface area contributed by atoms with Gasteiger partial charge in [0.1, 0.15) is 10.7 Å². The lowest BCUT2D eigenvalue weighted by Gasteiger charge is -2.12. The molecule has 2 aromatic heterocycles. The number of nitrogens with zero attached hydrogens (tertiary/aromatic N) is 3. The summed E-state index contributed by atoms with van der Waals surface area (Å²) in [5, 5.41) is 20.3. The van der Waals surface area contributed by atoms with Gasteiger partial charge in [0.05, 0.1) is 12.0 Å². The Morgan fingerprint density at radius 3 is 2.54 bits per heavy atom. The number of pyridine rings is 1. The second-order valence-electron chi connectivity index (χ2n) is 7.26. The van der Waals surface area contributed by atoms with Crippen LogP contribution in [0, 0.1) is 0 Å². The molecule has 1 fully saturated rings. The van der Waals surface area contributed by atoms with Crippen LogP contribution in [0.4, 0.5) is 5.69 Å². The van der Waals surface area contributed by atoms with Gasteiger partial charge in [-0.25, -0.2) is 9.97 Å². The molecule has 6 nitrogen and oxygen atoms in total. The first-order valence-corrected chi connectivity index (χ1v) is 8.88. The average Bonchev–Trinajstić information content (AvgIpc) is 3.13. The molecular formula is C17H25ClN4O2. The van der Waals surface area contributed by atoms with Crippen LogP contribution < -0.4 is 5.32 Å². The molecule has 2 aliphatic rings. The van der Waals surface area contributed by atoms with Crippen molar-refractivity contribution >= 4 is 28.5 Å². The third-order valence-corrected chi connectivity index (χ3v) is 4.69. The fourth-order valence-corrected chi connectivity index (χ4v) is 3.69. The number of rotatable bonds is 1. The van der Waals surface area contributed by atoms with Crippen LogP contribution in [0.25, 0.3) is 11.2 Å². The van der Waals surface area contributed by atoms with Crippen LogP contribution in [-0.2, 0) is 6.42 Å². The summed E-state index contributed by atoms with van der Waals surface area (Å²) in [4.78, 5) is 9.20. The van der Waals surface area contributed by atoms with Crippen LogP contribution in [0.5, 0.6) is 0 Å². The van der Waals surface area contributed by atoms with Crippen molar-refractivity contribution < 1.29 is 10.2 Å². The highest BCUT2D eigenvalue weighted by atomic mass is 35.5.